The predicted octanol–water partition coefficient (Wildman–Crippen LogP) is 6.17. The summed E-state index contributed by atoms with van der Waals surface area (Å²) >= 11 is 6.12. The maximum atomic E-state index is 13.3. The number of carbonyl (C=O) groups excluding carboxylic acids is 2. The molecule has 6 nitrogen and oxygen atoms in total. The topological polar surface area (TPSA) is 67.2 Å². The molecule has 0 radical (unpaired) electrons. The number of halogens is 1. The Hall–Kier alpha value is -3.90. The summed E-state index contributed by atoms with van der Waals surface area (Å²) in [6, 6.07) is 26.6. The molecule has 4 aromatic rings. The van der Waals surface area contributed by atoms with Crippen molar-refractivity contribution in [3.05, 3.63) is 102 Å². The van der Waals surface area contributed by atoms with E-state index < -0.39 is 5.92 Å². The van der Waals surface area contributed by atoms with E-state index in [2.05, 4.69) is 5.32 Å². The standard InChI is InChI=1S/C29H29ClN4O2/c1-20(2)33(28(36)21(3)23-13-10-14-24(30)17-23)19-27(35)32-29-31-26(22-11-6-4-7-12-22)18-34(29)25-15-8-5-9-16-25/h4-18,20-21H,19H2,1-3H3,(H,31,32,35). The van der Waals surface area contributed by atoms with E-state index in [0.717, 1.165) is 22.5 Å². The summed E-state index contributed by atoms with van der Waals surface area (Å²) < 4.78 is 1.84. The van der Waals surface area contributed by atoms with Gasteiger partial charge in [-0.15, -0.1) is 0 Å². The number of nitrogens with one attached hydrogen (secondary N) is 1. The Balaban J connectivity index is 1.57. The molecule has 1 atom stereocenters. The number of aromatic nitrogens is 2. The summed E-state index contributed by atoms with van der Waals surface area (Å²) in [5.41, 5.74) is 3.36. The van der Waals surface area contributed by atoms with E-state index in [-0.39, 0.29) is 24.4 Å². The monoisotopic (exact) mass is 500 g/mol. The Labute approximate surface area is 216 Å². The lowest BCUT2D eigenvalue weighted by Crippen LogP contribution is -2.44. The molecule has 1 N–H and O–H groups in total. The highest BCUT2D eigenvalue weighted by Crippen LogP contribution is 2.25. The van der Waals surface area contributed by atoms with Gasteiger partial charge in [0.25, 0.3) is 0 Å². The average molecular weight is 501 g/mol. The molecule has 0 aliphatic rings. The summed E-state index contributed by atoms with van der Waals surface area (Å²) in [6.07, 6.45) is 1.90. The zero-order valence-electron chi connectivity index (χ0n) is 20.6. The number of hydrogen-bond acceptors (Lipinski definition) is 3. The van der Waals surface area contributed by atoms with Crippen LogP contribution < -0.4 is 5.32 Å². The first-order valence-corrected chi connectivity index (χ1v) is 12.3. The molecule has 0 bridgehead atoms. The SMILES string of the molecule is CC(C(=O)N(CC(=O)Nc1nc(-c2ccccc2)cn1-c1ccccc1)C(C)C)c1cccc(Cl)c1. The van der Waals surface area contributed by atoms with E-state index in [0.29, 0.717) is 11.0 Å². The lowest BCUT2D eigenvalue weighted by atomic mass is 9.99. The molecular weight excluding hydrogens is 472 g/mol. The fourth-order valence-electron chi connectivity index (χ4n) is 4.00. The van der Waals surface area contributed by atoms with Gasteiger partial charge in [0.1, 0.15) is 6.54 Å². The molecule has 0 saturated carbocycles. The van der Waals surface area contributed by atoms with Crippen molar-refractivity contribution in [2.45, 2.75) is 32.7 Å². The van der Waals surface area contributed by atoms with Crippen LogP contribution in [0.5, 0.6) is 0 Å². The number of benzene rings is 3. The van der Waals surface area contributed by atoms with Crippen LogP contribution in [0.4, 0.5) is 5.95 Å². The summed E-state index contributed by atoms with van der Waals surface area (Å²) in [7, 11) is 0. The molecule has 0 fully saturated rings. The minimum Gasteiger partial charge on any atom is -0.330 e. The van der Waals surface area contributed by atoms with Gasteiger partial charge in [-0.3, -0.25) is 19.5 Å². The van der Waals surface area contributed by atoms with E-state index in [1.165, 1.54) is 0 Å². The number of amides is 2. The number of nitrogens with zero attached hydrogens (tertiary/aromatic N) is 3. The van der Waals surface area contributed by atoms with Gasteiger partial charge in [0.2, 0.25) is 17.8 Å². The van der Waals surface area contributed by atoms with Crippen LogP contribution in [0.3, 0.4) is 0 Å². The van der Waals surface area contributed by atoms with Crippen molar-refractivity contribution >= 4 is 29.4 Å². The molecule has 2 amide bonds. The van der Waals surface area contributed by atoms with Gasteiger partial charge in [-0.25, -0.2) is 4.98 Å². The van der Waals surface area contributed by atoms with Gasteiger partial charge in [0.05, 0.1) is 11.6 Å². The minimum atomic E-state index is -0.435. The van der Waals surface area contributed by atoms with E-state index in [1.807, 2.05) is 104 Å². The van der Waals surface area contributed by atoms with Crippen LogP contribution in [0.25, 0.3) is 16.9 Å². The van der Waals surface area contributed by atoms with Crippen LogP contribution in [0.1, 0.15) is 32.3 Å². The van der Waals surface area contributed by atoms with Crippen LogP contribution in [0.2, 0.25) is 5.02 Å². The average Bonchev–Trinajstić information content (AvgIpc) is 3.31. The highest BCUT2D eigenvalue weighted by Gasteiger charge is 2.27. The Morgan fingerprint density at radius 2 is 1.61 bits per heavy atom. The molecule has 4 rings (SSSR count). The van der Waals surface area contributed by atoms with Crippen molar-refractivity contribution in [3.63, 3.8) is 0 Å². The van der Waals surface area contributed by atoms with E-state index in [1.54, 1.807) is 17.0 Å². The normalized spacial score (nSPS) is 11.8. The quantitative estimate of drug-likeness (QED) is 0.314. The number of imidazole rings is 1. The maximum absolute atomic E-state index is 13.3. The van der Waals surface area contributed by atoms with Crippen LogP contribution in [0, 0.1) is 0 Å². The number of para-hydroxylation sites is 1. The zero-order valence-corrected chi connectivity index (χ0v) is 21.3. The van der Waals surface area contributed by atoms with Crippen LogP contribution in [-0.2, 0) is 9.59 Å². The van der Waals surface area contributed by atoms with Crippen molar-refractivity contribution < 1.29 is 9.59 Å². The van der Waals surface area contributed by atoms with Gasteiger partial charge in [-0.1, -0.05) is 72.3 Å². The molecule has 0 saturated heterocycles. The largest absolute Gasteiger partial charge is 0.330 e. The molecule has 1 heterocycles. The van der Waals surface area contributed by atoms with Gasteiger partial charge in [-0.2, -0.15) is 0 Å². The molecule has 0 aliphatic carbocycles. The summed E-state index contributed by atoms with van der Waals surface area (Å²) in [6.45, 7) is 5.53. The Morgan fingerprint density at radius 3 is 2.25 bits per heavy atom. The highest BCUT2D eigenvalue weighted by atomic mass is 35.5. The van der Waals surface area contributed by atoms with Gasteiger partial charge >= 0.3 is 0 Å². The lowest BCUT2D eigenvalue weighted by molar-refractivity contribution is -0.137. The van der Waals surface area contributed by atoms with Gasteiger partial charge < -0.3 is 4.90 Å². The second kappa shape index (κ2) is 11.2. The first-order valence-electron chi connectivity index (χ1n) is 11.9. The second-order valence-electron chi connectivity index (χ2n) is 8.91. The van der Waals surface area contributed by atoms with E-state index in [4.69, 9.17) is 16.6 Å². The lowest BCUT2D eigenvalue weighted by Gasteiger charge is -2.29. The molecule has 7 heteroatoms. The molecular formula is C29H29ClN4O2. The zero-order chi connectivity index (χ0) is 25.7. The first kappa shape index (κ1) is 25.2. The van der Waals surface area contributed by atoms with E-state index in [9.17, 15) is 9.59 Å². The number of hydrogen-bond donors (Lipinski definition) is 1. The van der Waals surface area contributed by atoms with Crippen molar-refractivity contribution in [1.82, 2.24) is 14.5 Å². The maximum Gasteiger partial charge on any atom is 0.246 e. The van der Waals surface area contributed by atoms with Gasteiger partial charge in [-0.05, 0) is 50.6 Å². The molecule has 0 spiro atoms. The molecule has 184 valence electrons. The Kier molecular flexibility index (Phi) is 7.86. The van der Waals surface area contributed by atoms with E-state index >= 15 is 0 Å². The molecule has 36 heavy (non-hydrogen) atoms. The van der Waals surface area contributed by atoms with Crippen LogP contribution in [-0.4, -0.2) is 38.9 Å². The third-order valence-corrected chi connectivity index (χ3v) is 6.24. The minimum absolute atomic E-state index is 0.0935. The van der Waals surface area contributed by atoms with Gasteiger partial charge in [0.15, 0.2) is 0 Å². The molecule has 0 aliphatic heterocycles. The predicted molar refractivity (Wildman–Crippen MR) is 144 cm³/mol. The first-order chi connectivity index (χ1) is 17.3. The molecule has 1 unspecified atom stereocenters. The summed E-state index contributed by atoms with van der Waals surface area (Å²) in [5.74, 6) is -0.504. The smallest absolute Gasteiger partial charge is 0.246 e. The van der Waals surface area contributed by atoms with Crippen molar-refractivity contribution in [2.24, 2.45) is 0 Å². The highest BCUT2D eigenvalue weighted by molar-refractivity contribution is 6.30. The van der Waals surface area contributed by atoms with Crippen LogP contribution in [0.15, 0.2) is 91.1 Å². The van der Waals surface area contributed by atoms with Crippen molar-refractivity contribution in [2.75, 3.05) is 11.9 Å². The van der Waals surface area contributed by atoms with Crippen molar-refractivity contribution in [3.8, 4) is 16.9 Å². The Morgan fingerprint density at radius 1 is 0.944 bits per heavy atom. The van der Waals surface area contributed by atoms with Crippen molar-refractivity contribution in [1.29, 1.82) is 0 Å². The number of rotatable bonds is 8. The molecule has 3 aromatic carbocycles. The number of anilines is 1. The summed E-state index contributed by atoms with van der Waals surface area (Å²) in [4.78, 5) is 32.8. The van der Waals surface area contributed by atoms with Gasteiger partial charge in [0, 0.05) is 28.5 Å². The fourth-order valence-corrected chi connectivity index (χ4v) is 4.20. The third-order valence-electron chi connectivity index (χ3n) is 6.00. The summed E-state index contributed by atoms with van der Waals surface area (Å²) in [5, 5.41) is 3.50. The number of carbonyl (C=O) groups is 2. The second-order valence-corrected chi connectivity index (χ2v) is 9.34. The Bertz CT molecular complexity index is 1340. The van der Waals surface area contributed by atoms with Crippen LogP contribution >= 0.6 is 11.6 Å². The fraction of sp³-hybridized carbons (Fsp3) is 0.207. The molecule has 1 aromatic heterocycles. The third kappa shape index (κ3) is 5.83.